The van der Waals surface area contributed by atoms with Crippen molar-refractivity contribution in [3.8, 4) is 5.75 Å². The van der Waals surface area contributed by atoms with Gasteiger partial charge in [-0.05, 0) is 31.4 Å². The van der Waals surface area contributed by atoms with E-state index in [0.717, 1.165) is 18.7 Å². The fourth-order valence-corrected chi connectivity index (χ4v) is 1.71. The fraction of sp³-hybridized carbons (Fsp3) is 0.571. The first-order valence-corrected chi connectivity index (χ1v) is 6.50. The van der Waals surface area contributed by atoms with Gasteiger partial charge in [0.15, 0.2) is 18.4 Å². The Morgan fingerprint density at radius 2 is 2.22 bits per heavy atom. The zero-order valence-electron chi connectivity index (χ0n) is 10.7. The van der Waals surface area contributed by atoms with E-state index in [-0.39, 0.29) is 12.6 Å². The van der Waals surface area contributed by atoms with Crippen LogP contribution >= 0.6 is 0 Å². The van der Waals surface area contributed by atoms with Crippen molar-refractivity contribution in [2.24, 2.45) is 5.92 Å². The van der Waals surface area contributed by atoms with Crippen molar-refractivity contribution in [1.82, 2.24) is 5.32 Å². The third-order valence-electron chi connectivity index (χ3n) is 2.95. The molecule has 0 aliphatic heterocycles. The molecule has 1 fully saturated rings. The molecule has 3 nitrogen and oxygen atoms in total. The first-order valence-electron chi connectivity index (χ1n) is 6.50. The van der Waals surface area contributed by atoms with Gasteiger partial charge in [0.05, 0.1) is 6.61 Å². The number of nitrogens with one attached hydrogen (secondary N) is 1. The Kier molecular flexibility index (Phi) is 4.96. The van der Waals surface area contributed by atoms with Crippen molar-refractivity contribution in [1.29, 1.82) is 0 Å². The molecule has 1 saturated carbocycles. The SMILES string of the molecule is CCNCc1cccc(F)c1OCOCC1CC1. The van der Waals surface area contributed by atoms with Crippen molar-refractivity contribution < 1.29 is 13.9 Å². The van der Waals surface area contributed by atoms with Gasteiger partial charge in [0.2, 0.25) is 0 Å². The van der Waals surface area contributed by atoms with Gasteiger partial charge < -0.3 is 14.8 Å². The van der Waals surface area contributed by atoms with Crippen molar-refractivity contribution in [3.63, 3.8) is 0 Å². The molecule has 0 radical (unpaired) electrons. The van der Waals surface area contributed by atoms with E-state index >= 15 is 0 Å². The minimum Gasteiger partial charge on any atom is -0.464 e. The third-order valence-corrected chi connectivity index (χ3v) is 2.95. The average Bonchev–Trinajstić information content (AvgIpc) is 3.18. The van der Waals surface area contributed by atoms with Crippen molar-refractivity contribution in [2.75, 3.05) is 19.9 Å². The second-order valence-corrected chi connectivity index (χ2v) is 4.58. The van der Waals surface area contributed by atoms with Crippen LogP contribution in [0.4, 0.5) is 4.39 Å². The molecule has 2 rings (SSSR count). The maximum absolute atomic E-state index is 13.7. The number of rotatable bonds is 8. The van der Waals surface area contributed by atoms with Gasteiger partial charge in [-0.15, -0.1) is 0 Å². The molecule has 1 N–H and O–H groups in total. The van der Waals surface area contributed by atoms with Gasteiger partial charge in [0.25, 0.3) is 0 Å². The Labute approximate surface area is 107 Å². The minimum absolute atomic E-state index is 0.122. The van der Waals surface area contributed by atoms with Crippen LogP contribution in [0.15, 0.2) is 18.2 Å². The molecule has 0 atom stereocenters. The second kappa shape index (κ2) is 6.71. The average molecular weight is 253 g/mol. The predicted octanol–water partition coefficient (Wildman–Crippen LogP) is 2.70. The van der Waals surface area contributed by atoms with Crippen LogP contribution in [0.1, 0.15) is 25.3 Å². The molecule has 0 amide bonds. The van der Waals surface area contributed by atoms with E-state index in [0.29, 0.717) is 18.2 Å². The largest absolute Gasteiger partial charge is 0.464 e. The summed E-state index contributed by atoms with van der Waals surface area (Å²) in [5.74, 6) is 0.658. The zero-order chi connectivity index (χ0) is 12.8. The molecular formula is C14H20FNO2. The predicted molar refractivity (Wildman–Crippen MR) is 68.0 cm³/mol. The van der Waals surface area contributed by atoms with E-state index in [1.807, 2.05) is 13.0 Å². The van der Waals surface area contributed by atoms with Crippen molar-refractivity contribution in [3.05, 3.63) is 29.6 Å². The molecule has 18 heavy (non-hydrogen) atoms. The number of para-hydroxylation sites is 1. The van der Waals surface area contributed by atoms with Crippen LogP contribution < -0.4 is 10.1 Å². The van der Waals surface area contributed by atoms with Crippen LogP contribution in [0.3, 0.4) is 0 Å². The highest BCUT2D eigenvalue weighted by Crippen LogP contribution is 2.29. The first kappa shape index (κ1) is 13.3. The highest BCUT2D eigenvalue weighted by molar-refractivity contribution is 5.34. The van der Waals surface area contributed by atoms with Crippen LogP contribution in [-0.4, -0.2) is 19.9 Å². The van der Waals surface area contributed by atoms with E-state index in [9.17, 15) is 4.39 Å². The maximum atomic E-state index is 13.7. The number of hydrogen-bond acceptors (Lipinski definition) is 3. The van der Waals surface area contributed by atoms with Crippen LogP contribution in [0.5, 0.6) is 5.75 Å². The van der Waals surface area contributed by atoms with Crippen LogP contribution in [0, 0.1) is 11.7 Å². The summed E-state index contributed by atoms with van der Waals surface area (Å²) in [5, 5.41) is 3.16. The lowest BCUT2D eigenvalue weighted by atomic mass is 10.2. The molecular weight excluding hydrogens is 233 g/mol. The van der Waals surface area contributed by atoms with Gasteiger partial charge in [0, 0.05) is 12.1 Å². The van der Waals surface area contributed by atoms with E-state index in [2.05, 4.69) is 5.32 Å². The molecule has 0 heterocycles. The van der Waals surface area contributed by atoms with Gasteiger partial charge in [-0.1, -0.05) is 19.1 Å². The van der Waals surface area contributed by atoms with Gasteiger partial charge in [-0.3, -0.25) is 0 Å². The number of halogens is 1. The maximum Gasteiger partial charge on any atom is 0.189 e. The van der Waals surface area contributed by atoms with Crippen molar-refractivity contribution >= 4 is 0 Å². The summed E-state index contributed by atoms with van der Waals surface area (Å²) in [7, 11) is 0. The van der Waals surface area contributed by atoms with Gasteiger partial charge in [-0.25, -0.2) is 4.39 Å². The monoisotopic (exact) mass is 253 g/mol. The van der Waals surface area contributed by atoms with E-state index in [4.69, 9.17) is 9.47 Å². The molecule has 1 aliphatic rings. The lowest BCUT2D eigenvalue weighted by Crippen LogP contribution is -2.14. The summed E-state index contributed by atoms with van der Waals surface area (Å²) in [6.45, 7) is 4.30. The second-order valence-electron chi connectivity index (χ2n) is 4.58. The van der Waals surface area contributed by atoms with E-state index in [1.165, 1.54) is 18.9 Å². The Morgan fingerprint density at radius 3 is 2.94 bits per heavy atom. The van der Waals surface area contributed by atoms with Gasteiger partial charge in [-0.2, -0.15) is 0 Å². The summed E-state index contributed by atoms with van der Waals surface area (Å²) in [4.78, 5) is 0. The van der Waals surface area contributed by atoms with Gasteiger partial charge in [0.1, 0.15) is 0 Å². The summed E-state index contributed by atoms with van der Waals surface area (Å²) in [5.41, 5.74) is 0.826. The number of ether oxygens (including phenoxy) is 2. The molecule has 100 valence electrons. The number of hydrogen-bond donors (Lipinski definition) is 1. The smallest absolute Gasteiger partial charge is 0.189 e. The molecule has 1 aliphatic carbocycles. The third kappa shape index (κ3) is 3.96. The topological polar surface area (TPSA) is 30.5 Å². The van der Waals surface area contributed by atoms with E-state index < -0.39 is 0 Å². The first-order chi connectivity index (χ1) is 8.81. The summed E-state index contributed by atoms with van der Waals surface area (Å²) in [6, 6.07) is 4.97. The molecule has 0 spiro atoms. The molecule has 0 saturated heterocycles. The molecule has 0 aromatic heterocycles. The van der Waals surface area contributed by atoms with Crippen molar-refractivity contribution in [2.45, 2.75) is 26.3 Å². The van der Waals surface area contributed by atoms with Crippen LogP contribution in [-0.2, 0) is 11.3 Å². The van der Waals surface area contributed by atoms with Crippen LogP contribution in [0.25, 0.3) is 0 Å². The quantitative estimate of drug-likeness (QED) is 0.571. The van der Waals surface area contributed by atoms with Crippen LogP contribution in [0.2, 0.25) is 0 Å². The van der Waals surface area contributed by atoms with E-state index in [1.54, 1.807) is 6.07 Å². The molecule has 1 aromatic rings. The summed E-state index contributed by atoms with van der Waals surface area (Å²) < 4.78 is 24.4. The Hall–Kier alpha value is -1.13. The molecule has 4 heteroatoms. The Balaban J connectivity index is 1.86. The lowest BCUT2D eigenvalue weighted by Gasteiger charge is -2.12. The Bertz CT molecular complexity index is 380. The molecule has 1 aromatic carbocycles. The fourth-order valence-electron chi connectivity index (χ4n) is 1.71. The standard InChI is InChI=1S/C14H20FNO2/c1-2-16-8-12-4-3-5-13(15)14(12)18-10-17-9-11-6-7-11/h3-5,11,16H,2,6-10H2,1H3. The highest BCUT2D eigenvalue weighted by Gasteiger charge is 2.21. The summed E-state index contributed by atoms with van der Waals surface area (Å²) in [6.07, 6.45) is 2.48. The molecule has 0 unspecified atom stereocenters. The highest BCUT2D eigenvalue weighted by atomic mass is 19.1. The minimum atomic E-state index is -0.333. The zero-order valence-corrected chi connectivity index (χ0v) is 10.7. The molecule has 0 bridgehead atoms. The van der Waals surface area contributed by atoms with Gasteiger partial charge >= 0.3 is 0 Å². The Morgan fingerprint density at radius 1 is 1.39 bits per heavy atom. The normalized spacial score (nSPS) is 14.8. The number of benzene rings is 1. The lowest BCUT2D eigenvalue weighted by molar-refractivity contribution is 0.00733. The summed E-state index contributed by atoms with van der Waals surface area (Å²) >= 11 is 0.